The quantitative estimate of drug-likeness (QED) is 0.186. The highest BCUT2D eigenvalue weighted by Crippen LogP contribution is 2.36. The van der Waals surface area contributed by atoms with Gasteiger partial charge in [-0.25, -0.2) is 0 Å². The predicted molar refractivity (Wildman–Crippen MR) is 128 cm³/mol. The average molecular weight is 548 g/mol. The van der Waals surface area contributed by atoms with Crippen molar-refractivity contribution >= 4 is 22.9 Å². The molecule has 0 bridgehead atoms. The highest BCUT2D eigenvalue weighted by Gasteiger charge is 2.45. The van der Waals surface area contributed by atoms with Crippen molar-refractivity contribution in [3.05, 3.63) is 46.6 Å². The van der Waals surface area contributed by atoms with Gasteiger partial charge in [-0.05, 0) is 24.3 Å². The molecule has 4 rings (SSSR count). The Morgan fingerprint density at radius 2 is 1.62 bits per heavy atom. The van der Waals surface area contributed by atoms with E-state index in [1.165, 1.54) is 24.3 Å². The molecule has 1 fully saturated rings. The Morgan fingerprint density at radius 1 is 0.923 bits per heavy atom. The van der Waals surface area contributed by atoms with E-state index >= 15 is 0 Å². The van der Waals surface area contributed by atoms with Crippen LogP contribution in [0.2, 0.25) is 0 Å². The van der Waals surface area contributed by atoms with Crippen LogP contribution >= 0.6 is 0 Å². The third-order valence-corrected chi connectivity index (χ3v) is 5.93. The van der Waals surface area contributed by atoms with Gasteiger partial charge >= 0.3 is 11.9 Å². The van der Waals surface area contributed by atoms with Crippen LogP contribution < -0.4 is 10.2 Å². The molecule has 0 spiro atoms. The number of aromatic hydroxyl groups is 3. The van der Waals surface area contributed by atoms with E-state index < -0.39 is 79.0 Å². The number of phenolic OH excluding ortho intramolecular Hbond substituents is 2. The number of carboxylic acid groups (broad SMARTS) is 1. The second kappa shape index (κ2) is 11.2. The first-order valence-corrected chi connectivity index (χ1v) is 11.5. The molecule has 0 radical (unpaired) electrons. The smallest absolute Gasteiger partial charge is 0.306 e. The van der Waals surface area contributed by atoms with E-state index in [9.17, 15) is 45.0 Å². The highest BCUT2D eigenvalue weighted by molar-refractivity contribution is 5.88. The average Bonchev–Trinajstić information content (AvgIpc) is 2.89. The lowest BCUT2D eigenvalue weighted by Gasteiger charge is -2.39. The Balaban J connectivity index is 1.58. The van der Waals surface area contributed by atoms with Crippen molar-refractivity contribution in [3.63, 3.8) is 0 Å². The number of esters is 1. The lowest BCUT2D eigenvalue weighted by molar-refractivity contribution is -0.278. The highest BCUT2D eigenvalue weighted by atomic mass is 16.7. The Bertz CT molecular complexity index is 1430. The molecule has 1 aliphatic rings. The number of hydrogen-bond acceptors (Lipinski definition) is 13. The van der Waals surface area contributed by atoms with Crippen molar-refractivity contribution in [1.29, 1.82) is 0 Å². The summed E-state index contributed by atoms with van der Waals surface area (Å²) in [7, 11) is 0. The van der Waals surface area contributed by atoms with Crippen molar-refractivity contribution in [2.75, 3.05) is 6.61 Å². The van der Waals surface area contributed by atoms with Crippen LogP contribution in [-0.4, -0.2) is 85.0 Å². The Kier molecular flexibility index (Phi) is 7.92. The van der Waals surface area contributed by atoms with Gasteiger partial charge in [0.15, 0.2) is 5.76 Å². The molecule has 5 atom stereocenters. The maximum absolute atomic E-state index is 12.7. The molecule has 0 saturated carbocycles. The molecule has 0 aliphatic carbocycles. The fourth-order valence-corrected chi connectivity index (χ4v) is 3.88. The first kappa shape index (κ1) is 27.7. The van der Waals surface area contributed by atoms with E-state index in [2.05, 4.69) is 0 Å². The van der Waals surface area contributed by atoms with Gasteiger partial charge in [-0.2, -0.15) is 0 Å². The summed E-state index contributed by atoms with van der Waals surface area (Å²) in [5.74, 6) is -4.10. The molecule has 2 unspecified atom stereocenters. The fourth-order valence-electron chi connectivity index (χ4n) is 3.88. The van der Waals surface area contributed by atoms with Crippen LogP contribution in [0.1, 0.15) is 12.8 Å². The molecule has 14 nitrogen and oxygen atoms in total. The van der Waals surface area contributed by atoms with E-state index in [1.807, 2.05) is 0 Å². The van der Waals surface area contributed by atoms with Crippen LogP contribution in [0.4, 0.5) is 0 Å². The van der Waals surface area contributed by atoms with Gasteiger partial charge in [0.25, 0.3) is 0 Å². The lowest BCUT2D eigenvalue weighted by Crippen LogP contribution is -2.60. The minimum atomic E-state index is -1.81. The first-order chi connectivity index (χ1) is 18.5. The van der Waals surface area contributed by atoms with Crippen molar-refractivity contribution in [1.82, 2.24) is 0 Å². The van der Waals surface area contributed by atoms with Crippen LogP contribution in [0.3, 0.4) is 0 Å². The summed E-state index contributed by atoms with van der Waals surface area (Å²) in [5, 5.41) is 69.4. The third kappa shape index (κ3) is 5.88. The number of carboxylic acids is 1. The second-order valence-corrected chi connectivity index (χ2v) is 8.68. The number of ether oxygens (including phenoxy) is 3. The molecule has 1 aromatic heterocycles. The summed E-state index contributed by atoms with van der Waals surface area (Å²) < 4.78 is 21.5. The van der Waals surface area contributed by atoms with Crippen LogP contribution in [0.25, 0.3) is 22.3 Å². The van der Waals surface area contributed by atoms with Gasteiger partial charge in [-0.1, -0.05) is 0 Å². The number of carbonyl (C=O) groups excluding carboxylic acids is 1. The van der Waals surface area contributed by atoms with Gasteiger partial charge in [-0.3, -0.25) is 14.4 Å². The summed E-state index contributed by atoms with van der Waals surface area (Å²) in [6.07, 6.45) is -9.28. The van der Waals surface area contributed by atoms with Gasteiger partial charge in [-0.15, -0.1) is 0 Å². The van der Waals surface area contributed by atoms with E-state index in [0.717, 1.165) is 12.1 Å². The van der Waals surface area contributed by atoms with Gasteiger partial charge < -0.3 is 54.4 Å². The zero-order valence-corrected chi connectivity index (χ0v) is 20.0. The van der Waals surface area contributed by atoms with Crippen molar-refractivity contribution in [2.24, 2.45) is 0 Å². The number of fused-ring (bicyclic) bond motifs is 1. The molecular weight excluding hydrogens is 524 g/mol. The van der Waals surface area contributed by atoms with Crippen molar-refractivity contribution in [3.8, 4) is 34.3 Å². The van der Waals surface area contributed by atoms with Gasteiger partial charge in [0, 0.05) is 17.7 Å². The molecule has 14 heteroatoms. The molecule has 39 heavy (non-hydrogen) atoms. The summed E-state index contributed by atoms with van der Waals surface area (Å²) in [6, 6.07) is 7.48. The molecule has 208 valence electrons. The van der Waals surface area contributed by atoms with Crippen LogP contribution in [0, 0.1) is 0 Å². The van der Waals surface area contributed by atoms with Gasteiger partial charge in [0.1, 0.15) is 59.2 Å². The largest absolute Gasteiger partial charge is 0.508 e. The van der Waals surface area contributed by atoms with Crippen LogP contribution in [0.15, 0.2) is 45.6 Å². The van der Waals surface area contributed by atoms with E-state index in [0.29, 0.717) is 0 Å². The van der Waals surface area contributed by atoms with Crippen LogP contribution in [0.5, 0.6) is 23.0 Å². The topological polar surface area (TPSA) is 234 Å². The van der Waals surface area contributed by atoms with Crippen molar-refractivity contribution < 1.29 is 64.0 Å². The monoisotopic (exact) mass is 548 g/mol. The summed E-state index contributed by atoms with van der Waals surface area (Å²) in [6.45, 7) is -0.601. The normalized spacial score (nSPS) is 22.9. The fraction of sp³-hybridized carbons (Fsp3) is 0.320. The second-order valence-electron chi connectivity index (χ2n) is 8.68. The Morgan fingerprint density at radius 3 is 2.28 bits per heavy atom. The zero-order chi connectivity index (χ0) is 28.4. The maximum atomic E-state index is 12.7. The Hall–Kier alpha value is -4.37. The minimum absolute atomic E-state index is 0.0682. The lowest BCUT2D eigenvalue weighted by atomic mass is 9.99. The molecule has 7 N–H and O–H groups in total. The van der Waals surface area contributed by atoms with Crippen molar-refractivity contribution in [2.45, 2.75) is 43.5 Å². The zero-order valence-electron chi connectivity index (χ0n) is 20.0. The van der Waals surface area contributed by atoms with E-state index in [4.69, 9.17) is 23.7 Å². The number of hydrogen-bond donors (Lipinski definition) is 7. The summed E-state index contributed by atoms with van der Waals surface area (Å²) in [5.41, 5.74) is -0.953. The minimum Gasteiger partial charge on any atom is -0.508 e. The molecule has 0 amide bonds. The molecule has 1 saturated heterocycles. The molecule has 1 aliphatic heterocycles. The summed E-state index contributed by atoms with van der Waals surface area (Å²) >= 11 is 0. The summed E-state index contributed by atoms with van der Waals surface area (Å²) in [4.78, 5) is 35.0. The number of aliphatic hydroxyl groups excluding tert-OH is 3. The first-order valence-electron chi connectivity index (χ1n) is 11.5. The molecular formula is C25H24O14. The van der Waals surface area contributed by atoms with Gasteiger partial charge in [0.2, 0.25) is 17.5 Å². The standard InChI is InChI=1S/C25H24O14/c26-11-3-1-10(2-4-11)24-22(34)20(32)18-13(27)7-12(8-14(18)38-24)37-25-23(35)21(33)19(31)15(39-25)9-36-17(30)6-5-16(28)29/h1-4,7-8,15,19,21,23,25-27,31,33-35H,5-6,9H2,(H,28,29)/t15?,19-,21+,23?,25-/m1/s1. The van der Waals surface area contributed by atoms with E-state index in [1.54, 1.807) is 0 Å². The van der Waals surface area contributed by atoms with Crippen LogP contribution in [-0.2, 0) is 19.1 Å². The molecule has 2 heterocycles. The Labute approximate surface area is 218 Å². The number of aliphatic hydroxyl groups is 3. The maximum Gasteiger partial charge on any atom is 0.306 e. The number of carbonyl (C=O) groups is 2. The third-order valence-electron chi connectivity index (χ3n) is 5.93. The number of phenols is 2. The SMILES string of the molecule is O=C(O)CCC(=O)OCC1O[C@@H](Oc2cc(O)c3c(=O)c(O)c(-c4ccc(O)cc4)oc3c2)C(O)[C@@H](O)[C@@H]1O. The van der Waals surface area contributed by atoms with Gasteiger partial charge in [0.05, 0.1) is 12.8 Å². The number of rotatable bonds is 8. The molecule has 3 aromatic rings. The van der Waals surface area contributed by atoms with E-state index in [-0.39, 0.29) is 33.8 Å². The number of aliphatic carboxylic acids is 1. The molecule has 2 aromatic carbocycles. The number of benzene rings is 2. The predicted octanol–water partition coefficient (Wildman–Crippen LogP) is 0.171.